The van der Waals surface area contributed by atoms with Crippen LogP contribution >= 0.6 is 0 Å². The number of carbonyl (C=O) groups is 1. The molecule has 0 aliphatic heterocycles. The zero-order valence-electron chi connectivity index (χ0n) is 14.1. The molecule has 0 saturated heterocycles. The van der Waals surface area contributed by atoms with E-state index in [1.165, 1.54) is 19.1 Å². The number of hydrogen-bond acceptors (Lipinski definition) is 4. The SMILES string of the molecule is COC(=O)COc1c(C2=CCCCC2)c(C)nn1-c1ccccc1. The number of allylic oxidation sites excluding steroid dienone is 2. The first-order valence-electron chi connectivity index (χ1n) is 8.24. The van der Waals surface area contributed by atoms with Crippen molar-refractivity contribution in [2.45, 2.75) is 32.6 Å². The van der Waals surface area contributed by atoms with Crippen LogP contribution in [0.1, 0.15) is 36.9 Å². The first-order valence-corrected chi connectivity index (χ1v) is 8.24. The van der Waals surface area contributed by atoms with Crippen molar-refractivity contribution < 1.29 is 14.3 Å². The summed E-state index contributed by atoms with van der Waals surface area (Å²) in [5, 5.41) is 4.66. The van der Waals surface area contributed by atoms with Gasteiger partial charge in [-0.15, -0.1) is 0 Å². The minimum Gasteiger partial charge on any atom is -0.466 e. The van der Waals surface area contributed by atoms with Crippen molar-refractivity contribution >= 4 is 11.5 Å². The largest absolute Gasteiger partial charge is 0.466 e. The Balaban J connectivity index is 2.05. The van der Waals surface area contributed by atoms with Crippen LogP contribution in [0.25, 0.3) is 11.3 Å². The molecule has 1 aliphatic rings. The average molecular weight is 326 g/mol. The van der Waals surface area contributed by atoms with Gasteiger partial charge >= 0.3 is 5.97 Å². The molecule has 126 valence electrons. The summed E-state index contributed by atoms with van der Waals surface area (Å²) in [5.74, 6) is 0.203. The van der Waals surface area contributed by atoms with Gasteiger partial charge in [-0.1, -0.05) is 24.3 Å². The summed E-state index contributed by atoms with van der Waals surface area (Å²) in [5.41, 5.74) is 4.07. The molecule has 0 unspecified atom stereocenters. The van der Waals surface area contributed by atoms with E-state index in [0.717, 1.165) is 36.2 Å². The lowest BCUT2D eigenvalue weighted by Crippen LogP contribution is -2.15. The Morgan fingerprint density at radius 3 is 2.71 bits per heavy atom. The van der Waals surface area contributed by atoms with Crippen molar-refractivity contribution in [1.82, 2.24) is 9.78 Å². The lowest BCUT2D eigenvalue weighted by Gasteiger charge is -2.15. The fourth-order valence-electron chi connectivity index (χ4n) is 3.00. The monoisotopic (exact) mass is 326 g/mol. The number of para-hydroxylation sites is 1. The van der Waals surface area contributed by atoms with Gasteiger partial charge in [-0.2, -0.15) is 5.10 Å². The summed E-state index contributed by atoms with van der Waals surface area (Å²) < 4.78 is 12.3. The molecule has 0 fully saturated rings. The van der Waals surface area contributed by atoms with Crippen molar-refractivity contribution in [3.63, 3.8) is 0 Å². The topological polar surface area (TPSA) is 53.4 Å². The third-order valence-corrected chi connectivity index (χ3v) is 4.19. The molecule has 5 nitrogen and oxygen atoms in total. The first kappa shape index (κ1) is 16.3. The van der Waals surface area contributed by atoms with Crippen LogP contribution in [0.5, 0.6) is 5.88 Å². The van der Waals surface area contributed by atoms with E-state index in [1.54, 1.807) is 4.68 Å². The lowest BCUT2D eigenvalue weighted by molar-refractivity contribution is -0.143. The van der Waals surface area contributed by atoms with E-state index >= 15 is 0 Å². The van der Waals surface area contributed by atoms with Crippen LogP contribution in [0.3, 0.4) is 0 Å². The zero-order chi connectivity index (χ0) is 16.9. The van der Waals surface area contributed by atoms with Gasteiger partial charge in [-0.05, 0) is 50.3 Å². The Labute approximate surface area is 141 Å². The average Bonchev–Trinajstić information content (AvgIpc) is 2.97. The van der Waals surface area contributed by atoms with Crippen LogP contribution in [0, 0.1) is 6.92 Å². The standard InChI is InChI=1S/C19H22N2O3/c1-14-18(15-9-5-3-6-10-15)19(24-13-17(22)23-2)21(20-14)16-11-7-4-8-12-16/h4,7-9,11-12H,3,5-6,10,13H2,1-2H3. The molecule has 0 spiro atoms. The minimum atomic E-state index is -0.406. The molecule has 0 saturated carbocycles. The summed E-state index contributed by atoms with van der Waals surface area (Å²) in [7, 11) is 1.36. The summed E-state index contributed by atoms with van der Waals surface area (Å²) >= 11 is 0. The fraction of sp³-hybridized carbons (Fsp3) is 0.368. The van der Waals surface area contributed by atoms with Crippen LogP contribution in [0.2, 0.25) is 0 Å². The number of nitrogens with zero attached hydrogens (tertiary/aromatic N) is 2. The highest BCUT2D eigenvalue weighted by Crippen LogP contribution is 2.36. The molecule has 0 atom stereocenters. The summed E-state index contributed by atoms with van der Waals surface area (Å²) in [6, 6.07) is 9.80. The van der Waals surface area contributed by atoms with Crippen LogP contribution in [-0.2, 0) is 9.53 Å². The van der Waals surface area contributed by atoms with Gasteiger partial charge in [0.05, 0.1) is 24.1 Å². The molecular weight excluding hydrogens is 304 g/mol. The van der Waals surface area contributed by atoms with Gasteiger partial charge in [0.15, 0.2) is 6.61 Å². The lowest BCUT2D eigenvalue weighted by atomic mass is 9.94. The van der Waals surface area contributed by atoms with Gasteiger partial charge in [0.2, 0.25) is 5.88 Å². The van der Waals surface area contributed by atoms with Gasteiger partial charge in [0.25, 0.3) is 0 Å². The highest BCUT2D eigenvalue weighted by molar-refractivity contribution is 5.74. The molecule has 1 aromatic carbocycles. The van der Waals surface area contributed by atoms with Gasteiger partial charge in [-0.3, -0.25) is 0 Å². The third-order valence-electron chi connectivity index (χ3n) is 4.19. The Hall–Kier alpha value is -2.56. The smallest absolute Gasteiger partial charge is 0.343 e. The second kappa shape index (κ2) is 7.34. The molecule has 1 heterocycles. The molecule has 1 aromatic heterocycles. The van der Waals surface area contributed by atoms with E-state index < -0.39 is 5.97 Å². The second-order valence-corrected chi connectivity index (χ2v) is 5.85. The zero-order valence-corrected chi connectivity index (χ0v) is 14.1. The number of aryl methyl sites for hydroxylation is 1. The van der Waals surface area contributed by atoms with E-state index in [0.29, 0.717) is 5.88 Å². The molecule has 0 amide bonds. The quantitative estimate of drug-likeness (QED) is 0.786. The predicted octanol–water partition coefficient (Wildman–Crippen LogP) is 3.69. The molecule has 1 aliphatic carbocycles. The van der Waals surface area contributed by atoms with E-state index in [2.05, 4.69) is 11.2 Å². The maximum Gasteiger partial charge on any atom is 0.343 e. The number of carbonyl (C=O) groups excluding carboxylic acids is 1. The van der Waals surface area contributed by atoms with Gasteiger partial charge in [0.1, 0.15) is 0 Å². The van der Waals surface area contributed by atoms with Crippen LogP contribution in [0.15, 0.2) is 36.4 Å². The fourth-order valence-corrected chi connectivity index (χ4v) is 3.00. The van der Waals surface area contributed by atoms with Crippen LogP contribution in [-0.4, -0.2) is 29.5 Å². The minimum absolute atomic E-state index is 0.130. The van der Waals surface area contributed by atoms with Gasteiger partial charge in [-0.25, -0.2) is 9.48 Å². The van der Waals surface area contributed by atoms with E-state index in [9.17, 15) is 4.79 Å². The molecule has 2 aromatic rings. The number of methoxy groups -OCH3 is 1. The number of aromatic nitrogens is 2. The molecule has 0 N–H and O–H groups in total. The first-order chi connectivity index (χ1) is 11.7. The third kappa shape index (κ3) is 3.35. The second-order valence-electron chi connectivity index (χ2n) is 5.85. The molecule has 0 bridgehead atoms. The van der Waals surface area contributed by atoms with Crippen molar-refractivity contribution in [2.24, 2.45) is 0 Å². The summed E-state index contributed by atoms with van der Waals surface area (Å²) in [6.45, 7) is 1.85. The Morgan fingerprint density at radius 1 is 1.25 bits per heavy atom. The van der Waals surface area contributed by atoms with Gasteiger partial charge < -0.3 is 9.47 Å². The Bertz CT molecular complexity index is 747. The van der Waals surface area contributed by atoms with E-state index in [1.807, 2.05) is 37.3 Å². The van der Waals surface area contributed by atoms with Crippen molar-refractivity contribution in [2.75, 3.05) is 13.7 Å². The number of benzene rings is 1. The Kier molecular flexibility index (Phi) is 4.99. The normalized spacial score (nSPS) is 14.2. The van der Waals surface area contributed by atoms with Crippen molar-refractivity contribution in [3.8, 4) is 11.6 Å². The molecule has 5 heteroatoms. The maximum absolute atomic E-state index is 11.5. The highest BCUT2D eigenvalue weighted by Gasteiger charge is 2.22. The highest BCUT2D eigenvalue weighted by atomic mass is 16.6. The molecule has 3 rings (SSSR count). The van der Waals surface area contributed by atoms with Gasteiger partial charge in [0, 0.05) is 0 Å². The van der Waals surface area contributed by atoms with E-state index in [4.69, 9.17) is 9.47 Å². The predicted molar refractivity (Wildman–Crippen MR) is 92.3 cm³/mol. The Morgan fingerprint density at radius 2 is 2.04 bits per heavy atom. The summed E-state index contributed by atoms with van der Waals surface area (Å²) in [6.07, 6.45) is 6.72. The van der Waals surface area contributed by atoms with Crippen LogP contribution < -0.4 is 4.74 Å². The number of hydrogen-bond donors (Lipinski definition) is 0. The maximum atomic E-state index is 11.5. The molecule has 0 radical (unpaired) electrons. The van der Waals surface area contributed by atoms with Crippen molar-refractivity contribution in [1.29, 1.82) is 0 Å². The summed E-state index contributed by atoms with van der Waals surface area (Å²) in [4.78, 5) is 11.5. The van der Waals surface area contributed by atoms with Crippen molar-refractivity contribution in [3.05, 3.63) is 47.7 Å². The molecular formula is C19H22N2O3. The molecule has 24 heavy (non-hydrogen) atoms. The number of esters is 1. The number of ether oxygens (including phenoxy) is 2. The number of rotatable bonds is 5. The van der Waals surface area contributed by atoms with Crippen LogP contribution in [0.4, 0.5) is 0 Å². The van der Waals surface area contributed by atoms with E-state index in [-0.39, 0.29) is 6.61 Å².